The summed E-state index contributed by atoms with van der Waals surface area (Å²) < 4.78 is 1.88. The Morgan fingerprint density at radius 2 is 2.03 bits per heavy atom. The molecule has 6 heteroatoms. The van der Waals surface area contributed by atoms with E-state index in [1.54, 1.807) is 6.20 Å². The summed E-state index contributed by atoms with van der Waals surface area (Å²) in [5.74, 6) is 1.45. The van der Waals surface area contributed by atoms with E-state index in [0.29, 0.717) is 24.1 Å². The number of carbonyl (C=O) groups excluding carboxylic acids is 1. The zero-order chi connectivity index (χ0) is 19.8. The molecule has 5 rings (SSSR count). The van der Waals surface area contributed by atoms with Gasteiger partial charge in [-0.25, -0.2) is 9.67 Å². The normalized spacial score (nSPS) is 22.9. The monoisotopic (exact) mass is 389 g/mol. The highest BCUT2D eigenvalue weighted by Crippen LogP contribution is 2.46. The first-order valence-corrected chi connectivity index (χ1v) is 10.7. The maximum atomic E-state index is 13.1. The summed E-state index contributed by atoms with van der Waals surface area (Å²) >= 11 is 0. The van der Waals surface area contributed by atoms with Crippen LogP contribution in [0.15, 0.2) is 42.7 Å². The van der Waals surface area contributed by atoms with Crippen molar-refractivity contribution in [2.24, 2.45) is 11.8 Å². The van der Waals surface area contributed by atoms with E-state index >= 15 is 0 Å². The number of aromatic nitrogens is 3. The maximum Gasteiger partial charge on any atom is 0.255 e. The van der Waals surface area contributed by atoms with Crippen molar-refractivity contribution in [3.05, 3.63) is 53.9 Å². The molecule has 0 unspecified atom stereocenters. The highest BCUT2D eigenvalue weighted by atomic mass is 16.1. The summed E-state index contributed by atoms with van der Waals surface area (Å²) in [5.41, 5.74) is 3.40. The lowest BCUT2D eigenvalue weighted by atomic mass is 9.94. The number of rotatable bonds is 6. The van der Waals surface area contributed by atoms with Crippen molar-refractivity contribution in [3.8, 4) is 0 Å². The lowest BCUT2D eigenvalue weighted by Crippen LogP contribution is -2.29. The number of amides is 1. The van der Waals surface area contributed by atoms with E-state index < -0.39 is 0 Å². The minimum absolute atomic E-state index is 0.0989. The Labute approximate surface area is 170 Å². The molecule has 2 bridgehead atoms. The summed E-state index contributed by atoms with van der Waals surface area (Å²) in [7, 11) is 0. The number of hydrogen-bond donors (Lipinski definition) is 2. The van der Waals surface area contributed by atoms with Gasteiger partial charge in [-0.15, -0.1) is 0 Å². The molecule has 2 aliphatic carbocycles. The maximum absolute atomic E-state index is 13.1. The molecule has 0 radical (unpaired) electrons. The van der Waals surface area contributed by atoms with Crippen LogP contribution in [-0.2, 0) is 13.1 Å². The second kappa shape index (κ2) is 7.50. The lowest BCUT2D eigenvalue weighted by molar-refractivity contribution is 0.0951. The summed E-state index contributed by atoms with van der Waals surface area (Å²) in [6.45, 7) is 3.31. The SMILES string of the molecule is CCn1ncc2c(N[C@@H]3C[C@@H]4CC[C@@H]3C4)c(C(=O)NCc3ccccc3)cnc21. The molecule has 6 nitrogen and oxygen atoms in total. The zero-order valence-electron chi connectivity index (χ0n) is 16.8. The Hall–Kier alpha value is -2.89. The van der Waals surface area contributed by atoms with Crippen molar-refractivity contribution in [3.63, 3.8) is 0 Å². The largest absolute Gasteiger partial charge is 0.381 e. The molecule has 3 atom stereocenters. The second-order valence-electron chi connectivity index (χ2n) is 8.34. The van der Waals surface area contributed by atoms with Crippen LogP contribution in [0.1, 0.15) is 48.5 Å². The Balaban J connectivity index is 1.46. The second-order valence-corrected chi connectivity index (χ2v) is 8.34. The molecule has 2 fully saturated rings. The Bertz CT molecular complexity index is 1030. The number of pyridine rings is 1. The molecule has 2 saturated carbocycles. The fourth-order valence-electron chi connectivity index (χ4n) is 5.07. The number of carbonyl (C=O) groups is 1. The average Bonchev–Trinajstić information content (AvgIpc) is 3.48. The molecule has 29 heavy (non-hydrogen) atoms. The number of nitrogens with zero attached hydrogens (tertiary/aromatic N) is 3. The fraction of sp³-hybridized carbons (Fsp3) is 0.435. The van der Waals surface area contributed by atoms with E-state index in [9.17, 15) is 4.79 Å². The van der Waals surface area contributed by atoms with Crippen molar-refractivity contribution in [2.45, 2.75) is 51.7 Å². The van der Waals surface area contributed by atoms with E-state index in [-0.39, 0.29) is 5.91 Å². The molecule has 1 amide bonds. The number of nitrogens with one attached hydrogen (secondary N) is 2. The first-order chi connectivity index (χ1) is 14.2. The highest BCUT2D eigenvalue weighted by molar-refractivity contribution is 6.06. The first kappa shape index (κ1) is 18.2. The third-order valence-electron chi connectivity index (χ3n) is 6.57. The third-order valence-corrected chi connectivity index (χ3v) is 6.57. The topological polar surface area (TPSA) is 71.8 Å². The summed E-state index contributed by atoms with van der Waals surface area (Å²) in [4.78, 5) is 17.6. The van der Waals surface area contributed by atoms with E-state index in [1.807, 2.05) is 41.2 Å². The van der Waals surface area contributed by atoms with Gasteiger partial charge in [-0.2, -0.15) is 5.10 Å². The van der Waals surface area contributed by atoms with Gasteiger partial charge in [0.1, 0.15) is 0 Å². The quantitative estimate of drug-likeness (QED) is 0.669. The molecule has 2 aliphatic rings. The van der Waals surface area contributed by atoms with Crippen molar-refractivity contribution < 1.29 is 4.79 Å². The van der Waals surface area contributed by atoms with E-state index in [4.69, 9.17) is 0 Å². The molecular weight excluding hydrogens is 362 g/mol. The van der Waals surface area contributed by atoms with Crippen LogP contribution in [0.25, 0.3) is 11.0 Å². The minimum atomic E-state index is -0.0989. The van der Waals surface area contributed by atoms with Gasteiger partial charge in [0.2, 0.25) is 0 Å². The Kier molecular flexibility index (Phi) is 4.70. The van der Waals surface area contributed by atoms with Crippen molar-refractivity contribution in [1.29, 1.82) is 0 Å². The molecule has 0 aliphatic heterocycles. The first-order valence-electron chi connectivity index (χ1n) is 10.7. The van der Waals surface area contributed by atoms with Gasteiger partial charge in [0.15, 0.2) is 5.65 Å². The lowest BCUT2D eigenvalue weighted by Gasteiger charge is -2.25. The Morgan fingerprint density at radius 3 is 2.76 bits per heavy atom. The average molecular weight is 390 g/mol. The summed E-state index contributed by atoms with van der Waals surface area (Å²) in [6.07, 6.45) is 8.70. The van der Waals surface area contributed by atoms with Gasteiger partial charge in [-0.1, -0.05) is 36.8 Å². The molecule has 0 saturated heterocycles. The van der Waals surface area contributed by atoms with E-state index in [2.05, 4.69) is 27.6 Å². The van der Waals surface area contributed by atoms with Crippen molar-refractivity contribution in [2.75, 3.05) is 5.32 Å². The molecular formula is C23H27N5O. The van der Waals surface area contributed by atoms with Crippen LogP contribution in [0.4, 0.5) is 5.69 Å². The minimum Gasteiger partial charge on any atom is -0.381 e. The van der Waals surface area contributed by atoms with Crippen LogP contribution in [0, 0.1) is 11.8 Å². The van der Waals surface area contributed by atoms with Gasteiger partial charge >= 0.3 is 0 Å². The van der Waals surface area contributed by atoms with Gasteiger partial charge in [0.05, 0.1) is 22.8 Å². The van der Waals surface area contributed by atoms with Crippen molar-refractivity contribution >= 4 is 22.6 Å². The molecule has 3 aromatic rings. The van der Waals surface area contributed by atoms with E-state index in [0.717, 1.165) is 34.7 Å². The molecule has 150 valence electrons. The van der Waals surface area contributed by atoms with Crippen molar-refractivity contribution in [1.82, 2.24) is 20.1 Å². The van der Waals surface area contributed by atoms with Gasteiger partial charge in [-0.05, 0) is 43.6 Å². The number of hydrogen-bond acceptors (Lipinski definition) is 4. The molecule has 2 N–H and O–H groups in total. The van der Waals surface area contributed by atoms with Gasteiger partial charge in [-0.3, -0.25) is 4.79 Å². The Morgan fingerprint density at radius 1 is 1.17 bits per heavy atom. The number of aryl methyl sites for hydroxylation is 1. The van der Waals surface area contributed by atoms with Crippen LogP contribution < -0.4 is 10.6 Å². The van der Waals surface area contributed by atoms with Crippen LogP contribution in [-0.4, -0.2) is 26.7 Å². The van der Waals surface area contributed by atoms with Crippen LogP contribution in [0.5, 0.6) is 0 Å². The number of anilines is 1. The van der Waals surface area contributed by atoms with Gasteiger partial charge in [0, 0.05) is 25.3 Å². The molecule has 2 aromatic heterocycles. The molecule has 2 heterocycles. The summed E-state index contributed by atoms with van der Waals surface area (Å²) in [5, 5.41) is 12.2. The predicted octanol–water partition coefficient (Wildman–Crippen LogP) is 3.98. The van der Waals surface area contributed by atoms with E-state index in [1.165, 1.54) is 25.7 Å². The zero-order valence-corrected chi connectivity index (χ0v) is 16.8. The van der Waals surface area contributed by atoms with Gasteiger partial charge in [0.25, 0.3) is 5.91 Å². The molecule has 0 spiro atoms. The third kappa shape index (κ3) is 3.37. The fourth-order valence-corrected chi connectivity index (χ4v) is 5.07. The highest BCUT2D eigenvalue weighted by Gasteiger charge is 2.40. The standard InChI is InChI=1S/C23H27N5O/c1-2-28-22-18(14-26-28)21(27-20-11-16-8-9-17(20)10-16)19(13-24-22)23(29)25-12-15-6-4-3-5-7-15/h3-7,13-14,16-17,20H,2,8-12H2,1H3,(H,24,27)(H,25,29)/t16-,17-,20-/m1/s1. The van der Waals surface area contributed by atoms with Crippen LogP contribution in [0.2, 0.25) is 0 Å². The number of benzene rings is 1. The van der Waals surface area contributed by atoms with Gasteiger partial charge < -0.3 is 10.6 Å². The van der Waals surface area contributed by atoms with Crippen LogP contribution in [0.3, 0.4) is 0 Å². The van der Waals surface area contributed by atoms with Crippen LogP contribution >= 0.6 is 0 Å². The predicted molar refractivity (Wildman–Crippen MR) is 114 cm³/mol. The molecule has 1 aromatic carbocycles. The summed E-state index contributed by atoms with van der Waals surface area (Å²) in [6, 6.07) is 10.4. The number of fused-ring (bicyclic) bond motifs is 3. The smallest absolute Gasteiger partial charge is 0.255 e.